The van der Waals surface area contributed by atoms with Crippen molar-refractivity contribution in [3.8, 4) is 5.69 Å². The summed E-state index contributed by atoms with van der Waals surface area (Å²) in [5.74, 6) is -0.0861. The fourth-order valence-electron chi connectivity index (χ4n) is 1.89. The molecule has 0 spiro atoms. The summed E-state index contributed by atoms with van der Waals surface area (Å²) in [6.07, 6.45) is 3.94. The van der Waals surface area contributed by atoms with Gasteiger partial charge >= 0.3 is 0 Å². The third-order valence-corrected chi connectivity index (χ3v) is 3.58. The average molecular weight is 283 g/mol. The average Bonchev–Trinajstić information content (AvgIpc) is 3.18. The summed E-state index contributed by atoms with van der Waals surface area (Å²) in [5, 5.41) is 4.78. The highest BCUT2D eigenvalue weighted by atomic mass is 32.1. The van der Waals surface area contributed by atoms with Gasteiger partial charge in [0.1, 0.15) is 0 Å². The number of rotatable bonds is 4. The van der Waals surface area contributed by atoms with E-state index in [4.69, 9.17) is 0 Å². The smallest absolute Gasteiger partial charge is 0.251 e. The number of hydrogen-bond acceptors (Lipinski definition) is 3. The van der Waals surface area contributed by atoms with Gasteiger partial charge in [0, 0.05) is 29.0 Å². The molecule has 2 heterocycles. The highest BCUT2D eigenvalue weighted by Crippen LogP contribution is 2.10. The fraction of sp³-hybridized carbons (Fsp3) is 0.0667. The first-order valence-corrected chi connectivity index (χ1v) is 7.16. The van der Waals surface area contributed by atoms with Gasteiger partial charge in [0.05, 0.1) is 17.7 Å². The molecule has 0 atom stereocenters. The van der Waals surface area contributed by atoms with Crippen LogP contribution < -0.4 is 5.32 Å². The lowest BCUT2D eigenvalue weighted by Gasteiger charge is -2.06. The number of benzene rings is 1. The molecule has 3 aromatic rings. The van der Waals surface area contributed by atoms with E-state index in [9.17, 15) is 4.79 Å². The van der Waals surface area contributed by atoms with Crippen molar-refractivity contribution in [1.82, 2.24) is 14.9 Å². The first-order valence-electron chi connectivity index (χ1n) is 6.21. The van der Waals surface area contributed by atoms with Crippen LogP contribution in [0.4, 0.5) is 0 Å². The van der Waals surface area contributed by atoms with Crippen molar-refractivity contribution in [3.63, 3.8) is 0 Å². The normalized spacial score (nSPS) is 10.4. The van der Waals surface area contributed by atoms with E-state index in [-0.39, 0.29) is 5.91 Å². The number of carbonyl (C=O) groups excluding carboxylic acids is 1. The minimum absolute atomic E-state index is 0.0861. The summed E-state index contributed by atoms with van der Waals surface area (Å²) in [4.78, 5) is 16.1. The van der Waals surface area contributed by atoms with Gasteiger partial charge < -0.3 is 9.88 Å². The Bertz CT molecular complexity index is 673. The molecule has 1 amide bonds. The van der Waals surface area contributed by atoms with Gasteiger partial charge in [-0.1, -0.05) is 0 Å². The Morgan fingerprint density at radius 2 is 1.95 bits per heavy atom. The maximum atomic E-state index is 12.0. The Balaban J connectivity index is 1.66. The van der Waals surface area contributed by atoms with Crippen molar-refractivity contribution >= 4 is 17.2 Å². The number of nitrogens with zero attached hydrogens (tertiary/aromatic N) is 2. The molecule has 1 aromatic carbocycles. The number of thiazole rings is 1. The van der Waals surface area contributed by atoms with Crippen molar-refractivity contribution in [2.45, 2.75) is 6.54 Å². The summed E-state index contributed by atoms with van der Waals surface area (Å²) >= 11 is 1.52. The van der Waals surface area contributed by atoms with Gasteiger partial charge in [-0.25, -0.2) is 4.98 Å². The lowest BCUT2D eigenvalue weighted by Crippen LogP contribution is -2.22. The number of nitrogens with one attached hydrogen (secondary N) is 1. The van der Waals surface area contributed by atoms with Gasteiger partial charge in [-0.2, -0.15) is 0 Å². The van der Waals surface area contributed by atoms with Gasteiger partial charge in [-0.3, -0.25) is 4.79 Å². The Labute approximate surface area is 120 Å². The van der Waals surface area contributed by atoms with Crippen molar-refractivity contribution < 1.29 is 4.79 Å². The maximum Gasteiger partial charge on any atom is 0.251 e. The fourth-order valence-corrected chi connectivity index (χ4v) is 2.45. The van der Waals surface area contributed by atoms with Crippen LogP contribution in [0.2, 0.25) is 0 Å². The lowest BCUT2D eigenvalue weighted by atomic mass is 10.2. The van der Waals surface area contributed by atoms with E-state index in [0.717, 1.165) is 11.4 Å². The van der Waals surface area contributed by atoms with Crippen molar-refractivity contribution in [1.29, 1.82) is 0 Å². The molecule has 0 aliphatic heterocycles. The Morgan fingerprint density at radius 3 is 2.60 bits per heavy atom. The van der Waals surface area contributed by atoms with Gasteiger partial charge in [-0.05, 0) is 36.4 Å². The van der Waals surface area contributed by atoms with E-state index in [1.54, 1.807) is 5.51 Å². The molecule has 0 radical (unpaired) electrons. The maximum absolute atomic E-state index is 12.0. The second-order valence-electron chi connectivity index (χ2n) is 4.30. The molecule has 0 fully saturated rings. The van der Waals surface area contributed by atoms with Gasteiger partial charge in [0.25, 0.3) is 5.91 Å². The molecule has 0 aliphatic carbocycles. The van der Waals surface area contributed by atoms with E-state index in [1.807, 2.05) is 58.7 Å². The van der Waals surface area contributed by atoms with Crippen LogP contribution in [0.25, 0.3) is 5.69 Å². The highest BCUT2D eigenvalue weighted by molar-refractivity contribution is 7.07. The van der Waals surface area contributed by atoms with Crippen LogP contribution in [-0.2, 0) is 6.54 Å². The zero-order chi connectivity index (χ0) is 13.8. The molecule has 5 heteroatoms. The second-order valence-corrected chi connectivity index (χ2v) is 5.02. The molecule has 0 bridgehead atoms. The van der Waals surface area contributed by atoms with Crippen LogP contribution in [0, 0.1) is 0 Å². The second kappa shape index (κ2) is 5.71. The van der Waals surface area contributed by atoms with Crippen LogP contribution in [0.1, 0.15) is 16.1 Å². The molecule has 0 saturated heterocycles. The predicted octanol–water partition coefficient (Wildman–Crippen LogP) is 2.86. The lowest BCUT2D eigenvalue weighted by molar-refractivity contribution is 0.0950. The SMILES string of the molecule is O=C(NCc1cscn1)c1ccc(-n2cccc2)cc1. The monoisotopic (exact) mass is 283 g/mol. The standard InChI is InChI=1S/C15H13N3OS/c19-15(16-9-13-10-20-11-17-13)12-3-5-14(6-4-12)18-7-1-2-8-18/h1-8,10-11H,9H2,(H,16,19). The summed E-state index contributed by atoms with van der Waals surface area (Å²) in [5.41, 5.74) is 4.32. The van der Waals surface area contributed by atoms with E-state index >= 15 is 0 Å². The van der Waals surface area contributed by atoms with Crippen LogP contribution in [0.5, 0.6) is 0 Å². The highest BCUT2D eigenvalue weighted by Gasteiger charge is 2.06. The third-order valence-electron chi connectivity index (χ3n) is 2.95. The minimum atomic E-state index is -0.0861. The number of hydrogen-bond donors (Lipinski definition) is 1. The summed E-state index contributed by atoms with van der Waals surface area (Å²) in [6, 6.07) is 11.4. The first-order chi connectivity index (χ1) is 9.83. The third kappa shape index (κ3) is 2.78. The van der Waals surface area contributed by atoms with E-state index in [1.165, 1.54) is 11.3 Å². The van der Waals surface area contributed by atoms with Crippen molar-refractivity contribution in [2.24, 2.45) is 0 Å². The Kier molecular flexibility index (Phi) is 3.60. The minimum Gasteiger partial charge on any atom is -0.346 e. The van der Waals surface area contributed by atoms with Crippen LogP contribution in [-0.4, -0.2) is 15.5 Å². The van der Waals surface area contributed by atoms with Crippen molar-refractivity contribution in [3.05, 3.63) is 70.9 Å². The molecule has 0 saturated carbocycles. The summed E-state index contributed by atoms with van der Waals surface area (Å²) in [7, 11) is 0. The van der Waals surface area contributed by atoms with Crippen LogP contribution >= 0.6 is 11.3 Å². The number of carbonyl (C=O) groups is 1. The van der Waals surface area contributed by atoms with Gasteiger partial charge in [-0.15, -0.1) is 11.3 Å². The van der Waals surface area contributed by atoms with E-state index < -0.39 is 0 Å². The Hall–Kier alpha value is -2.40. The van der Waals surface area contributed by atoms with Crippen molar-refractivity contribution in [2.75, 3.05) is 0 Å². The van der Waals surface area contributed by atoms with Crippen LogP contribution in [0.15, 0.2) is 59.7 Å². The summed E-state index contributed by atoms with van der Waals surface area (Å²) in [6.45, 7) is 0.460. The molecule has 100 valence electrons. The number of aromatic nitrogens is 2. The van der Waals surface area contributed by atoms with Gasteiger partial charge in [0.15, 0.2) is 0 Å². The quantitative estimate of drug-likeness (QED) is 0.800. The molecule has 20 heavy (non-hydrogen) atoms. The molecular weight excluding hydrogens is 270 g/mol. The predicted molar refractivity (Wildman–Crippen MR) is 79.1 cm³/mol. The molecular formula is C15H13N3OS. The molecule has 1 N–H and O–H groups in total. The largest absolute Gasteiger partial charge is 0.346 e. The first kappa shape index (κ1) is 12.6. The Morgan fingerprint density at radius 1 is 1.20 bits per heavy atom. The molecule has 4 nitrogen and oxygen atoms in total. The van der Waals surface area contributed by atoms with E-state index in [2.05, 4.69) is 10.3 Å². The van der Waals surface area contributed by atoms with Gasteiger partial charge in [0.2, 0.25) is 0 Å². The zero-order valence-electron chi connectivity index (χ0n) is 10.7. The molecule has 0 aliphatic rings. The molecule has 0 unspecified atom stereocenters. The number of amides is 1. The topological polar surface area (TPSA) is 46.9 Å². The summed E-state index contributed by atoms with van der Waals surface area (Å²) < 4.78 is 2.00. The molecule has 2 aromatic heterocycles. The van der Waals surface area contributed by atoms with Crippen LogP contribution in [0.3, 0.4) is 0 Å². The van der Waals surface area contributed by atoms with E-state index in [0.29, 0.717) is 12.1 Å². The zero-order valence-corrected chi connectivity index (χ0v) is 11.5. The molecule has 3 rings (SSSR count).